The Bertz CT molecular complexity index is 924. The molecule has 0 aromatic heterocycles. The second kappa shape index (κ2) is 8.41. The van der Waals surface area contributed by atoms with Crippen molar-refractivity contribution in [3.8, 4) is 0 Å². The van der Waals surface area contributed by atoms with Gasteiger partial charge in [0.05, 0.1) is 12.7 Å². The van der Waals surface area contributed by atoms with E-state index in [0.29, 0.717) is 17.4 Å². The minimum Gasteiger partial charge on any atom is -0.465 e. The largest absolute Gasteiger partial charge is 0.465 e. The van der Waals surface area contributed by atoms with Crippen molar-refractivity contribution >= 4 is 5.97 Å². The Kier molecular flexibility index (Phi) is 5.54. The van der Waals surface area contributed by atoms with E-state index < -0.39 is 0 Å². The molecule has 142 valence electrons. The monoisotopic (exact) mass is 371 g/mol. The van der Waals surface area contributed by atoms with Gasteiger partial charge in [0.2, 0.25) is 0 Å². The van der Waals surface area contributed by atoms with Gasteiger partial charge < -0.3 is 4.74 Å². The zero-order chi connectivity index (χ0) is 19.3. The summed E-state index contributed by atoms with van der Waals surface area (Å²) < 4.78 is 4.92. The van der Waals surface area contributed by atoms with E-state index in [1.54, 1.807) is 0 Å². The average molecular weight is 371 g/mol. The number of esters is 1. The van der Waals surface area contributed by atoms with Crippen molar-refractivity contribution in [3.63, 3.8) is 0 Å². The predicted octanol–water partition coefficient (Wildman–Crippen LogP) is 4.86. The second-order valence-electron chi connectivity index (χ2n) is 7.42. The van der Waals surface area contributed by atoms with Gasteiger partial charge >= 0.3 is 5.97 Å². The third-order valence-corrected chi connectivity index (χ3v) is 5.61. The van der Waals surface area contributed by atoms with Gasteiger partial charge in [-0.1, -0.05) is 72.8 Å². The second-order valence-corrected chi connectivity index (χ2v) is 7.42. The van der Waals surface area contributed by atoms with Crippen LogP contribution in [0.5, 0.6) is 0 Å². The minimum absolute atomic E-state index is 0.280. The summed E-state index contributed by atoms with van der Waals surface area (Å²) in [4.78, 5) is 14.5. The molecule has 0 unspecified atom stereocenters. The summed E-state index contributed by atoms with van der Waals surface area (Å²) >= 11 is 0. The van der Waals surface area contributed by atoms with Crippen LogP contribution in [0.4, 0.5) is 0 Å². The molecule has 3 heteroatoms. The van der Waals surface area contributed by atoms with E-state index in [0.717, 1.165) is 19.6 Å². The molecule has 1 fully saturated rings. The Morgan fingerprint density at radius 2 is 1.46 bits per heavy atom. The number of likely N-dealkylation sites (tertiary alicyclic amines) is 1. The normalized spacial score (nSPS) is 19.5. The zero-order valence-electron chi connectivity index (χ0n) is 16.1. The summed E-state index contributed by atoms with van der Waals surface area (Å²) in [6, 6.07) is 29.2. The summed E-state index contributed by atoms with van der Waals surface area (Å²) in [7, 11) is 1.43. The van der Waals surface area contributed by atoms with E-state index in [2.05, 4.69) is 71.6 Å². The van der Waals surface area contributed by atoms with Crippen LogP contribution in [0.2, 0.25) is 0 Å². The zero-order valence-corrected chi connectivity index (χ0v) is 16.1. The molecule has 0 saturated carbocycles. The first-order valence-electron chi connectivity index (χ1n) is 9.74. The number of carbonyl (C=O) groups is 1. The smallest absolute Gasteiger partial charge is 0.337 e. The lowest BCUT2D eigenvalue weighted by Gasteiger charge is -2.19. The van der Waals surface area contributed by atoms with Gasteiger partial charge in [0.15, 0.2) is 0 Å². The Hall–Kier alpha value is -2.91. The lowest BCUT2D eigenvalue weighted by atomic mass is 9.83. The third-order valence-electron chi connectivity index (χ3n) is 5.61. The van der Waals surface area contributed by atoms with Crippen molar-refractivity contribution < 1.29 is 9.53 Å². The van der Waals surface area contributed by atoms with Crippen LogP contribution in [-0.4, -0.2) is 31.1 Å². The number of hydrogen-bond acceptors (Lipinski definition) is 3. The van der Waals surface area contributed by atoms with Gasteiger partial charge in [0.1, 0.15) is 0 Å². The molecular weight excluding hydrogens is 346 g/mol. The van der Waals surface area contributed by atoms with Crippen molar-refractivity contribution in [2.45, 2.75) is 18.4 Å². The molecule has 1 aliphatic rings. The fraction of sp³-hybridized carbons (Fsp3) is 0.240. The van der Waals surface area contributed by atoms with Gasteiger partial charge in [-0.15, -0.1) is 0 Å². The first-order chi connectivity index (χ1) is 13.7. The molecule has 4 rings (SSSR count). The van der Waals surface area contributed by atoms with Crippen molar-refractivity contribution in [2.75, 3.05) is 20.2 Å². The van der Waals surface area contributed by atoms with Crippen molar-refractivity contribution in [1.82, 2.24) is 4.90 Å². The van der Waals surface area contributed by atoms with Crippen molar-refractivity contribution in [2.24, 2.45) is 0 Å². The van der Waals surface area contributed by atoms with Crippen LogP contribution in [0.25, 0.3) is 0 Å². The van der Waals surface area contributed by atoms with Crippen LogP contribution in [0.3, 0.4) is 0 Å². The Labute approximate surface area is 166 Å². The Morgan fingerprint density at radius 1 is 0.857 bits per heavy atom. The highest BCUT2D eigenvalue weighted by Gasteiger charge is 2.35. The maximum atomic E-state index is 12.0. The van der Waals surface area contributed by atoms with E-state index in [-0.39, 0.29) is 5.97 Å². The van der Waals surface area contributed by atoms with Crippen molar-refractivity contribution in [1.29, 1.82) is 0 Å². The molecule has 0 spiro atoms. The molecular formula is C25H25NO2. The Balaban J connectivity index is 1.64. The Morgan fingerprint density at radius 3 is 2.14 bits per heavy atom. The lowest BCUT2D eigenvalue weighted by Crippen LogP contribution is -2.20. The molecule has 0 amide bonds. The fourth-order valence-corrected chi connectivity index (χ4v) is 4.25. The number of ether oxygens (including phenoxy) is 1. The van der Waals surface area contributed by atoms with E-state index in [9.17, 15) is 4.79 Å². The predicted molar refractivity (Wildman–Crippen MR) is 111 cm³/mol. The number of nitrogens with zero attached hydrogens (tertiary/aromatic N) is 1. The van der Waals surface area contributed by atoms with Crippen LogP contribution < -0.4 is 0 Å². The van der Waals surface area contributed by atoms with Crippen molar-refractivity contribution in [3.05, 3.63) is 107 Å². The van der Waals surface area contributed by atoms with E-state index in [4.69, 9.17) is 4.74 Å². The summed E-state index contributed by atoms with van der Waals surface area (Å²) in [5.41, 5.74) is 4.51. The number of hydrogen-bond donors (Lipinski definition) is 0. The summed E-state index contributed by atoms with van der Waals surface area (Å²) in [6.07, 6.45) is 0. The number of carbonyl (C=O) groups excluding carboxylic acids is 1. The molecule has 3 nitrogen and oxygen atoms in total. The maximum Gasteiger partial charge on any atom is 0.337 e. The summed E-state index contributed by atoms with van der Waals surface area (Å²) in [5, 5.41) is 0. The number of methoxy groups -OCH3 is 1. The molecule has 28 heavy (non-hydrogen) atoms. The van der Waals surface area contributed by atoms with Gasteiger partial charge in [-0.25, -0.2) is 4.79 Å². The lowest BCUT2D eigenvalue weighted by molar-refractivity contribution is 0.0600. The van der Waals surface area contributed by atoms with Crippen LogP contribution >= 0.6 is 0 Å². The SMILES string of the molecule is COC(=O)c1cccc([C@H]2CN(Cc3ccccc3)C[C@H]2c2ccccc2)c1. The molecule has 0 N–H and O–H groups in total. The van der Waals surface area contributed by atoms with E-state index in [1.165, 1.54) is 23.8 Å². The third kappa shape index (κ3) is 4.00. The van der Waals surface area contributed by atoms with E-state index >= 15 is 0 Å². The van der Waals surface area contributed by atoms with Gasteiger partial charge in [-0.2, -0.15) is 0 Å². The molecule has 2 atom stereocenters. The highest BCUT2D eigenvalue weighted by atomic mass is 16.5. The van der Waals surface area contributed by atoms with Crippen LogP contribution in [0.15, 0.2) is 84.9 Å². The highest BCUT2D eigenvalue weighted by Crippen LogP contribution is 2.40. The number of benzene rings is 3. The minimum atomic E-state index is -0.280. The molecule has 1 heterocycles. The van der Waals surface area contributed by atoms with Gasteiger partial charge in [0, 0.05) is 31.5 Å². The van der Waals surface area contributed by atoms with E-state index in [1.807, 2.05) is 18.2 Å². The summed E-state index contributed by atoms with van der Waals surface area (Å²) in [6.45, 7) is 2.92. The molecule has 3 aromatic carbocycles. The average Bonchev–Trinajstić information content (AvgIpc) is 3.18. The van der Waals surface area contributed by atoms with Gasteiger partial charge in [-0.3, -0.25) is 4.90 Å². The molecule has 0 radical (unpaired) electrons. The van der Waals surface area contributed by atoms with Gasteiger partial charge in [0.25, 0.3) is 0 Å². The summed E-state index contributed by atoms with van der Waals surface area (Å²) in [5.74, 6) is 0.464. The first kappa shape index (κ1) is 18.5. The van der Waals surface area contributed by atoms with Crippen LogP contribution in [0, 0.1) is 0 Å². The first-order valence-corrected chi connectivity index (χ1v) is 9.74. The molecule has 0 bridgehead atoms. The molecule has 1 saturated heterocycles. The maximum absolute atomic E-state index is 12.0. The quantitative estimate of drug-likeness (QED) is 0.600. The van der Waals surface area contributed by atoms with Crippen LogP contribution in [0.1, 0.15) is 38.9 Å². The molecule has 1 aliphatic heterocycles. The number of rotatable bonds is 5. The van der Waals surface area contributed by atoms with Crippen LogP contribution in [-0.2, 0) is 11.3 Å². The molecule has 3 aromatic rings. The standard InChI is InChI=1S/C25H25NO2/c1-28-25(27)22-14-8-13-21(15-22)24-18-26(16-19-9-4-2-5-10-19)17-23(24)20-11-6-3-7-12-20/h2-15,23-24H,16-18H2,1H3/t23-,24+/m0/s1. The highest BCUT2D eigenvalue weighted by molar-refractivity contribution is 5.89. The fourth-order valence-electron chi connectivity index (χ4n) is 4.25. The molecule has 0 aliphatic carbocycles. The topological polar surface area (TPSA) is 29.5 Å². The van der Waals surface area contributed by atoms with Gasteiger partial charge in [-0.05, 0) is 28.8 Å².